The standard InChI is InChI=1S/C22H28S/c1-4-22(13-6-5-7-14-22)21-16-19(12-11-17(21)2)18-9-8-10-20(15-18)23-3/h8-12,15-16H,4-7,13-14H2,1-3H3. The first kappa shape index (κ1) is 16.6. The third-order valence-electron chi connectivity index (χ3n) is 5.70. The molecule has 0 N–H and O–H groups in total. The first-order valence-electron chi connectivity index (χ1n) is 8.94. The average Bonchev–Trinajstić information content (AvgIpc) is 2.62. The zero-order chi connectivity index (χ0) is 16.3. The van der Waals surface area contributed by atoms with E-state index in [-0.39, 0.29) is 0 Å². The Bertz CT molecular complexity index is 665. The molecule has 0 radical (unpaired) electrons. The summed E-state index contributed by atoms with van der Waals surface area (Å²) in [5.41, 5.74) is 6.21. The van der Waals surface area contributed by atoms with E-state index in [4.69, 9.17) is 0 Å². The van der Waals surface area contributed by atoms with Crippen LogP contribution in [0.2, 0.25) is 0 Å². The number of rotatable bonds is 4. The van der Waals surface area contributed by atoms with E-state index in [0.717, 1.165) is 0 Å². The Morgan fingerprint density at radius 1 is 0.957 bits per heavy atom. The normalized spacial score (nSPS) is 17.2. The highest BCUT2D eigenvalue weighted by atomic mass is 32.2. The highest BCUT2D eigenvalue weighted by molar-refractivity contribution is 7.98. The SMILES string of the molecule is CCC1(c2cc(-c3cccc(SC)c3)ccc2C)CCCCC1. The van der Waals surface area contributed by atoms with Crippen molar-refractivity contribution in [1.82, 2.24) is 0 Å². The maximum absolute atomic E-state index is 2.49. The molecule has 0 nitrogen and oxygen atoms in total. The Balaban J connectivity index is 2.04. The smallest absolute Gasteiger partial charge is 0.00752 e. The molecule has 0 amide bonds. The lowest BCUT2D eigenvalue weighted by atomic mass is 9.66. The minimum absolute atomic E-state index is 0.412. The predicted molar refractivity (Wildman–Crippen MR) is 103 cm³/mol. The van der Waals surface area contributed by atoms with Crippen LogP contribution in [0, 0.1) is 6.92 Å². The van der Waals surface area contributed by atoms with E-state index in [1.165, 1.54) is 60.1 Å². The third-order valence-corrected chi connectivity index (χ3v) is 6.42. The highest BCUT2D eigenvalue weighted by Crippen LogP contribution is 2.44. The molecule has 0 aromatic heterocycles. The lowest BCUT2D eigenvalue weighted by Crippen LogP contribution is -2.29. The molecule has 1 heteroatoms. The molecular formula is C22H28S. The van der Waals surface area contributed by atoms with Gasteiger partial charge in [0.25, 0.3) is 0 Å². The van der Waals surface area contributed by atoms with Crippen molar-refractivity contribution in [2.45, 2.75) is 62.7 Å². The monoisotopic (exact) mass is 324 g/mol. The van der Waals surface area contributed by atoms with Crippen LogP contribution < -0.4 is 0 Å². The van der Waals surface area contributed by atoms with Gasteiger partial charge < -0.3 is 0 Å². The molecule has 122 valence electrons. The molecule has 0 bridgehead atoms. The molecule has 0 unspecified atom stereocenters. The summed E-state index contributed by atoms with van der Waals surface area (Å²) in [5, 5.41) is 0. The van der Waals surface area contributed by atoms with Gasteiger partial charge in [0.1, 0.15) is 0 Å². The van der Waals surface area contributed by atoms with Crippen molar-refractivity contribution in [3.05, 3.63) is 53.6 Å². The van der Waals surface area contributed by atoms with Gasteiger partial charge in [-0.3, -0.25) is 0 Å². The van der Waals surface area contributed by atoms with Crippen molar-refractivity contribution in [1.29, 1.82) is 0 Å². The molecule has 1 fully saturated rings. The van der Waals surface area contributed by atoms with Crippen molar-refractivity contribution in [2.24, 2.45) is 0 Å². The topological polar surface area (TPSA) is 0 Å². The minimum atomic E-state index is 0.412. The summed E-state index contributed by atoms with van der Waals surface area (Å²) in [6.45, 7) is 4.68. The van der Waals surface area contributed by atoms with Gasteiger partial charge in [-0.25, -0.2) is 0 Å². The molecule has 23 heavy (non-hydrogen) atoms. The number of hydrogen-bond acceptors (Lipinski definition) is 1. The number of aryl methyl sites for hydroxylation is 1. The van der Waals surface area contributed by atoms with E-state index in [1.54, 1.807) is 5.56 Å². The van der Waals surface area contributed by atoms with E-state index < -0.39 is 0 Å². The Hall–Kier alpha value is -1.21. The molecule has 0 atom stereocenters. The Labute approximate surface area is 145 Å². The van der Waals surface area contributed by atoms with Crippen LogP contribution in [0.15, 0.2) is 47.4 Å². The summed E-state index contributed by atoms with van der Waals surface area (Å²) in [4.78, 5) is 1.34. The Kier molecular flexibility index (Phi) is 5.16. The number of hydrogen-bond donors (Lipinski definition) is 0. The van der Waals surface area contributed by atoms with Crippen molar-refractivity contribution < 1.29 is 0 Å². The van der Waals surface area contributed by atoms with Crippen LogP contribution in [0.4, 0.5) is 0 Å². The third kappa shape index (κ3) is 3.35. The summed E-state index contributed by atoms with van der Waals surface area (Å²) >= 11 is 1.82. The van der Waals surface area contributed by atoms with Crippen molar-refractivity contribution >= 4 is 11.8 Å². The summed E-state index contributed by atoms with van der Waals surface area (Å²) in [7, 11) is 0. The van der Waals surface area contributed by atoms with Gasteiger partial charge in [0, 0.05) is 4.90 Å². The van der Waals surface area contributed by atoms with E-state index in [9.17, 15) is 0 Å². The van der Waals surface area contributed by atoms with Crippen LogP contribution in [0.3, 0.4) is 0 Å². The minimum Gasteiger partial charge on any atom is -0.130 e. The maximum Gasteiger partial charge on any atom is 0.00752 e. The summed E-state index contributed by atoms with van der Waals surface area (Å²) in [6, 6.07) is 16.1. The molecule has 0 aliphatic heterocycles. The molecule has 0 heterocycles. The lowest BCUT2D eigenvalue weighted by molar-refractivity contribution is 0.282. The number of thioether (sulfide) groups is 1. The highest BCUT2D eigenvalue weighted by Gasteiger charge is 2.33. The average molecular weight is 325 g/mol. The summed E-state index contributed by atoms with van der Waals surface area (Å²) < 4.78 is 0. The largest absolute Gasteiger partial charge is 0.130 e. The van der Waals surface area contributed by atoms with Crippen LogP contribution in [0.25, 0.3) is 11.1 Å². The van der Waals surface area contributed by atoms with Gasteiger partial charge >= 0.3 is 0 Å². The van der Waals surface area contributed by atoms with E-state index >= 15 is 0 Å². The van der Waals surface area contributed by atoms with Crippen LogP contribution in [-0.4, -0.2) is 6.26 Å². The van der Waals surface area contributed by atoms with Gasteiger partial charge in [-0.2, -0.15) is 0 Å². The van der Waals surface area contributed by atoms with Gasteiger partial charge in [-0.15, -0.1) is 11.8 Å². The molecule has 0 spiro atoms. The van der Waals surface area contributed by atoms with Crippen LogP contribution in [-0.2, 0) is 5.41 Å². The maximum atomic E-state index is 2.49. The first-order valence-corrected chi connectivity index (χ1v) is 10.2. The Morgan fingerprint density at radius 3 is 2.39 bits per heavy atom. The molecule has 1 aliphatic rings. The molecule has 2 aromatic rings. The van der Waals surface area contributed by atoms with Crippen LogP contribution in [0.1, 0.15) is 56.6 Å². The fourth-order valence-corrected chi connectivity index (χ4v) is 4.68. The molecule has 0 saturated heterocycles. The van der Waals surface area contributed by atoms with Gasteiger partial charge in [-0.05, 0) is 72.2 Å². The second-order valence-electron chi connectivity index (χ2n) is 6.96. The van der Waals surface area contributed by atoms with Gasteiger partial charge in [0.2, 0.25) is 0 Å². The van der Waals surface area contributed by atoms with Gasteiger partial charge in [0.15, 0.2) is 0 Å². The van der Waals surface area contributed by atoms with E-state index in [0.29, 0.717) is 5.41 Å². The second kappa shape index (κ2) is 7.13. The predicted octanol–water partition coefficient (Wildman–Crippen LogP) is 7.00. The molecule has 1 saturated carbocycles. The lowest BCUT2D eigenvalue weighted by Gasteiger charge is -2.38. The fraction of sp³-hybridized carbons (Fsp3) is 0.455. The fourth-order valence-electron chi connectivity index (χ4n) is 4.22. The molecule has 3 rings (SSSR count). The quantitative estimate of drug-likeness (QED) is 0.546. The second-order valence-corrected chi connectivity index (χ2v) is 7.84. The van der Waals surface area contributed by atoms with E-state index in [2.05, 4.69) is 62.6 Å². The van der Waals surface area contributed by atoms with Crippen LogP contribution >= 0.6 is 11.8 Å². The molecule has 1 aliphatic carbocycles. The molecular weight excluding hydrogens is 296 g/mol. The zero-order valence-electron chi connectivity index (χ0n) is 14.7. The summed E-state index contributed by atoms with van der Waals surface area (Å²) in [5.74, 6) is 0. The number of benzene rings is 2. The zero-order valence-corrected chi connectivity index (χ0v) is 15.5. The van der Waals surface area contributed by atoms with Crippen molar-refractivity contribution in [2.75, 3.05) is 6.26 Å². The van der Waals surface area contributed by atoms with Crippen molar-refractivity contribution in [3.63, 3.8) is 0 Å². The van der Waals surface area contributed by atoms with Gasteiger partial charge in [-0.1, -0.05) is 56.5 Å². The van der Waals surface area contributed by atoms with Gasteiger partial charge in [0.05, 0.1) is 0 Å². The molecule has 2 aromatic carbocycles. The van der Waals surface area contributed by atoms with E-state index in [1.807, 2.05) is 11.8 Å². The Morgan fingerprint density at radius 2 is 1.70 bits per heavy atom. The first-order chi connectivity index (χ1) is 11.2. The van der Waals surface area contributed by atoms with Crippen molar-refractivity contribution in [3.8, 4) is 11.1 Å². The van der Waals surface area contributed by atoms with Crippen LogP contribution in [0.5, 0.6) is 0 Å². The summed E-state index contributed by atoms with van der Waals surface area (Å²) in [6.07, 6.45) is 10.3.